The van der Waals surface area contributed by atoms with Crippen molar-refractivity contribution in [1.29, 1.82) is 0 Å². The van der Waals surface area contributed by atoms with E-state index in [4.69, 9.17) is 0 Å². The Kier molecular flexibility index (Phi) is 6.67. The van der Waals surface area contributed by atoms with Crippen LogP contribution in [0.4, 0.5) is 4.39 Å². The third-order valence-corrected chi connectivity index (χ3v) is 3.70. The number of benzene rings is 1. The van der Waals surface area contributed by atoms with Gasteiger partial charge in [0, 0.05) is 17.5 Å². The molecule has 2 heterocycles. The van der Waals surface area contributed by atoms with E-state index in [2.05, 4.69) is 28.8 Å². The molecule has 0 saturated carbocycles. The third kappa shape index (κ3) is 4.75. The summed E-state index contributed by atoms with van der Waals surface area (Å²) >= 11 is 0. The van der Waals surface area contributed by atoms with Gasteiger partial charge in [-0.1, -0.05) is 33.1 Å². The Labute approximate surface area is 143 Å². The predicted octanol–water partition coefficient (Wildman–Crippen LogP) is 5.78. The maximum absolute atomic E-state index is 12.9. The molecule has 0 aliphatic heterocycles. The van der Waals surface area contributed by atoms with E-state index >= 15 is 0 Å². The van der Waals surface area contributed by atoms with E-state index in [9.17, 15) is 4.39 Å². The van der Waals surface area contributed by atoms with E-state index in [-0.39, 0.29) is 5.82 Å². The predicted molar refractivity (Wildman–Crippen MR) is 97.1 cm³/mol. The molecule has 4 heteroatoms. The lowest BCUT2D eigenvalue weighted by atomic mass is 10.2. The van der Waals surface area contributed by atoms with Crippen LogP contribution in [0.3, 0.4) is 0 Å². The van der Waals surface area contributed by atoms with Crippen molar-refractivity contribution >= 4 is 0 Å². The van der Waals surface area contributed by atoms with Crippen molar-refractivity contribution in [3.8, 4) is 22.6 Å². The highest BCUT2D eigenvalue weighted by atomic mass is 19.1. The fourth-order valence-electron chi connectivity index (χ4n) is 2.32. The molecule has 0 saturated heterocycles. The molecule has 126 valence electrons. The third-order valence-electron chi connectivity index (χ3n) is 3.70. The number of pyridine rings is 1. The van der Waals surface area contributed by atoms with Gasteiger partial charge in [-0.05, 0) is 48.9 Å². The molecule has 0 fully saturated rings. The number of aryl methyl sites for hydroxylation is 1. The molecule has 0 aliphatic carbocycles. The van der Waals surface area contributed by atoms with Gasteiger partial charge in [0.05, 0.1) is 11.9 Å². The van der Waals surface area contributed by atoms with Gasteiger partial charge in [0.2, 0.25) is 0 Å². The maximum atomic E-state index is 12.9. The lowest BCUT2D eigenvalue weighted by Crippen LogP contribution is -1.88. The average Bonchev–Trinajstić information content (AvgIpc) is 3.07. The van der Waals surface area contributed by atoms with Gasteiger partial charge in [-0.3, -0.25) is 4.98 Å². The van der Waals surface area contributed by atoms with Crippen molar-refractivity contribution in [3.05, 3.63) is 60.3 Å². The summed E-state index contributed by atoms with van der Waals surface area (Å²) in [5, 5.41) is 0. The molecule has 0 spiro atoms. The number of imidazole rings is 1. The van der Waals surface area contributed by atoms with Crippen LogP contribution in [-0.4, -0.2) is 15.0 Å². The van der Waals surface area contributed by atoms with Crippen LogP contribution in [-0.2, 0) is 0 Å². The van der Waals surface area contributed by atoms with E-state index in [1.807, 2.05) is 19.1 Å². The summed E-state index contributed by atoms with van der Waals surface area (Å²) in [7, 11) is 0. The number of hydrogen-bond donors (Lipinski definition) is 1. The van der Waals surface area contributed by atoms with Crippen LogP contribution in [0.15, 0.2) is 48.8 Å². The van der Waals surface area contributed by atoms with Crippen molar-refractivity contribution < 1.29 is 4.39 Å². The van der Waals surface area contributed by atoms with Crippen LogP contribution in [0.25, 0.3) is 22.6 Å². The zero-order valence-corrected chi connectivity index (χ0v) is 14.5. The van der Waals surface area contributed by atoms with Crippen LogP contribution in [0.5, 0.6) is 0 Å². The van der Waals surface area contributed by atoms with Gasteiger partial charge in [-0.2, -0.15) is 0 Å². The number of hydrogen-bond acceptors (Lipinski definition) is 2. The summed E-state index contributed by atoms with van der Waals surface area (Å²) in [4.78, 5) is 11.8. The summed E-state index contributed by atoms with van der Waals surface area (Å²) in [6.07, 6.45) is 7.57. The molecule has 1 N–H and O–H groups in total. The SMILES string of the molecule is CCCCC.Cc1ncccc1-c1ncc(-c2ccc(F)cc2)[nH]1. The van der Waals surface area contributed by atoms with Crippen molar-refractivity contribution in [3.63, 3.8) is 0 Å². The molecule has 0 amide bonds. The molecule has 0 atom stereocenters. The minimum atomic E-state index is -0.244. The van der Waals surface area contributed by atoms with Crippen molar-refractivity contribution in [2.75, 3.05) is 0 Å². The van der Waals surface area contributed by atoms with Crippen LogP contribution in [0.2, 0.25) is 0 Å². The lowest BCUT2D eigenvalue weighted by molar-refractivity contribution is 0.628. The van der Waals surface area contributed by atoms with Gasteiger partial charge in [-0.25, -0.2) is 9.37 Å². The molecule has 3 rings (SSSR count). The number of aromatic nitrogens is 3. The number of nitrogens with zero attached hydrogens (tertiary/aromatic N) is 2. The minimum Gasteiger partial charge on any atom is -0.338 e. The first-order chi connectivity index (χ1) is 11.7. The highest BCUT2D eigenvalue weighted by Crippen LogP contribution is 2.23. The van der Waals surface area contributed by atoms with Gasteiger partial charge < -0.3 is 4.98 Å². The first-order valence-corrected chi connectivity index (χ1v) is 8.38. The van der Waals surface area contributed by atoms with E-state index < -0.39 is 0 Å². The smallest absolute Gasteiger partial charge is 0.139 e. The van der Waals surface area contributed by atoms with Gasteiger partial charge in [0.25, 0.3) is 0 Å². The Hall–Kier alpha value is -2.49. The average molecular weight is 325 g/mol. The molecular weight excluding hydrogens is 301 g/mol. The Morgan fingerprint density at radius 3 is 2.29 bits per heavy atom. The number of nitrogens with one attached hydrogen (secondary N) is 1. The summed E-state index contributed by atoms with van der Waals surface area (Å²) in [5.74, 6) is 0.525. The molecular formula is C20H24FN3. The molecule has 0 bridgehead atoms. The van der Waals surface area contributed by atoms with Crippen LogP contribution >= 0.6 is 0 Å². The Morgan fingerprint density at radius 1 is 1.00 bits per heavy atom. The molecule has 0 unspecified atom stereocenters. The Bertz CT molecular complexity index is 746. The summed E-state index contributed by atoms with van der Waals surface area (Å²) < 4.78 is 12.9. The normalized spacial score (nSPS) is 10.2. The van der Waals surface area contributed by atoms with Gasteiger partial charge >= 0.3 is 0 Å². The van der Waals surface area contributed by atoms with Crippen LogP contribution in [0, 0.1) is 12.7 Å². The number of unbranched alkanes of at least 4 members (excludes halogenated alkanes) is 2. The molecule has 0 aliphatic rings. The second-order valence-electron chi connectivity index (χ2n) is 5.64. The molecule has 1 aromatic carbocycles. The second kappa shape index (κ2) is 8.96. The number of rotatable bonds is 4. The minimum absolute atomic E-state index is 0.244. The van der Waals surface area contributed by atoms with Crippen molar-refractivity contribution in [2.24, 2.45) is 0 Å². The van der Waals surface area contributed by atoms with Crippen molar-refractivity contribution in [2.45, 2.75) is 40.0 Å². The largest absolute Gasteiger partial charge is 0.338 e. The highest BCUT2D eigenvalue weighted by Gasteiger charge is 2.08. The summed E-state index contributed by atoms with van der Waals surface area (Å²) in [6.45, 7) is 6.36. The Balaban J connectivity index is 0.000000368. The van der Waals surface area contributed by atoms with Gasteiger partial charge in [0.1, 0.15) is 11.6 Å². The van der Waals surface area contributed by atoms with Gasteiger partial charge in [-0.15, -0.1) is 0 Å². The second-order valence-corrected chi connectivity index (χ2v) is 5.64. The monoisotopic (exact) mass is 325 g/mol. The summed E-state index contributed by atoms with van der Waals surface area (Å²) in [5.41, 5.74) is 3.65. The number of halogens is 1. The first-order valence-electron chi connectivity index (χ1n) is 8.38. The molecule has 2 aromatic heterocycles. The topological polar surface area (TPSA) is 41.6 Å². The quantitative estimate of drug-likeness (QED) is 0.660. The summed E-state index contributed by atoms with van der Waals surface area (Å²) in [6, 6.07) is 10.2. The van der Waals surface area contributed by atoms with E-state index in [1.165, 1.54) is 31.4 Å². The van der Waals surface area contributed by atoms with Gasteiger partial charge in [0.15, 0.2) is 0 Å². The fourth-order valence-corrected chi connectivity index (χ4v) is 2.32. The van der Waals surface area contributed by atoms with Crippen molar-refractivity contribution in [1.82, 2.24) is 15.0 Å². The number of H-pyrrole nitrogens is 1. The molecule has 0 radical (unpaired) electrons. The molecule has 3 nitrogen and oxygen atoms in total. The van der Waals surface area contributed by atoms with E-state index in [0.29, 0.717) is 0 Å². The maximum Gasteiger partial charge on any atom is 0.139 e. The van der Waals surface area contributed by atoms with E-state index in [0.717, 1.165) is 28.3 Å². The Morgan fingerprint density at radius 2 is 1.71 bits per heavy atom. The highest BCUT2D eigenvalue weighted by molar-refractivity contribution is 5.65. The zero-order valence-electron chi connectivity index (χ0n) is 14.5. The first kappa shape index (κ1) is 17.9. The molecule has 3 aromatic rings. The van der Waals surface area contributed by atoms with Crippen LogP contribution in [0.1, 0.15) is 38.8 Å². The van der Waals surface area contributed by atoms with E-state index in [1.54, 1.807) is 24.5 Å². The lowest BCUT2D eigenvalue weighted by Gasteiger charge is -2.00. The molecule has 24 heavy (non-hydrogen) atoms. The standard InChI is InChI=1S/C15H12FN3.C5H12/c1-10-13(3-2-8-17-10)15-18-9-14(19-15)11-4-6-12(16)7-5-11;1-3-5-4-2/h2-9H,1H3,(H,18,19);3-5H2,1-2H3. The van der Waals surface area contributed by atoms with Crippen LogP contribution < -0.4 is 0 Å². The fraction of sp³-hybridized carbons (Fsp3) is 0.300. The number of aromatic amines is 1. The zero-order chi connectivity index (χ0) is 17.4.